The van der Waals surface area contributed by atoms with E-state index in [1.165, 1.54) is 51.4 Å². The molecule has 0 atom stereocenters. The van der Waals surface area contributed by atoms with Crippen molar-refractivity contribution in [3.8, 4) is 0 Å². The van der Waals surface area contributed by atoms with Crippen LogP contribution >= 0.6 is 0 Å². The van der Waals surface area contributed by atoms with Gasteiger partial charge in [-0.3, -0.25) is 4.18 Å². The molecule has 136 valence electrons. The smallest absolute Gasteiger partial charge is 0.266 e. The van der Waals surface area contributed by atoms with Crippen molar-refractivity contribution >= 4 is 10.1 Å². The summed E-state index contributed by atoms with van der Waals surface area (Å²) in [5, 5.41) is 0. The van der Waals surface area contributed by atoms with Crippen LogP contribution in [0.15, 0.2) is 35.2 Å². The first-order valence-electron chi connectivity index (χ1n) is 8.61. The maximum atomic E-state index is 11.9. The topological polar surface area (TPSA) is 43.4 Å². The summed E-state index contributed by atoms with van der Waals surface area (Å²) in [4.78, 5) is 0.238. The first kappa shape index (κ1) is 22.6. The van der Waals surface area contributed by atoms with Gasteiger partial charge in [0.15, 0.2) is 0 Å². The number of hydrogen-bond acceptors (Lipinski definition) is 3. The average molecular weight is 390 g/mol. The fourth-order valence-electron chi connectivity index (χ4n) is 2.41. The molecule has 3 nitrogen and oxygen atoms in total. The third kappa shape index (κ3) is 10.9. The van der Waals surface area contributed by atoms with Crippen molar-refractivity contribution in [1.82, 2.24) is 0 Å². The zero-order chi connectivity index (χ0) is 16.1. The van der Waals surface area contributed by atoms with Gasteiger partial charge in [-0.15, -0.1) is 0 Å². The molecule has 0 aromatic heterocycles. The number of unbranched alkanes of at least 4 members (excludes halogenated alkanes) is 9. The fourth-order valence-corrected chi connectivity index (χ4v) is 3.38. The Morgan fingerprint density at radius 2 is 1.26 bits per heavy atom. The van der Waals surface area contributed by atoms with Crippen molar-refractivity contribution < 1.29 is 29.7 Å². The van der Waals surface area contributed by atoms with Gasteiger partial charge in [-0.2, -0.15) is 8.42 Å². The van der Waals surface area contributed by atoms with Crippen molar-refractivity contribution in [2.45, 2.75) is 76.0 Å². The molecule has 1 aromatic rings. The van der Waals surface area contributed by atoms with Crippen LogP contribution in [-0.4, -0.2) is 15.0 Å². The summed E-state index contributed by atoms with van der Waals surface area (Å²) in [5.74, 6) is 0. The summed E-state index contributed by atoms with van der Waals surface area (Å²) < 4.78 is 28.8. The monoisotopic (exact) mass is 389 g/mol. The Hall–Kier alpha value is -0.351. The molecule has 5 heteroatoms. The van der Waals surface area contributed by atoms with E-state index in [2.05, 4.69) is 6.92 Å². The van der Waals surface area contributed by atoms with Crippen LogP contribution in [-0.2, 0) is 31.4 Å². The third-order valence-electron chi connectivity index (χ3n) is 3.77. The molecule has 1 rings (SSSR count). The second-order valence-corrected chi connectivity index (χ2v) is 7.39. The van der Waals surface area contributed by atoms with Crippen molar-refractivity contribution in [2.75, 3.05) is 6.61 Å². The number of rotatable bonds is 13. The van der Waals surface area contributed by atoms with Gasteiger partial charge < -0.3 is 0 Å². The Labute approximate surface area is 152 Å². The van der Waals surface area contributed by atoms with Crippen molar-refractivity contribution in [3.63, 3.8) is 0 Å². The van der Waals surface area contributed by atoms with E-state index in [-0.39, 0.29) is 28.6 Å². The molecule has 0 saturated carbocycles. The summed E-state index contributed by atoms with van der Waals surface area (Å²) in [6, 6.07) is 8.33. The zero-order valence-corrected chi connectivity index (χ0v) is 15.9. The van der Waals surface area contributed by atoms with E-state index < -0.39 is 10.1 Å². The third-order valence-corrected chi connectivity index (χ3v) is 5.09. The SMILES string of the molecule is CCCCCCCCCCCCOS(=O)(=O)c1ccccc1.[Cu+]. The van der Waals surface area contributed by atoms with Gasteiger partial charge in [-0.1, -0.05) is 82.9 Å². The Morgan fingerprint density at radius 3 is 1.78 bits per heavy atom. The number of hydrogen-bond donors (Lipinski definition) is 0. The molecule has 0 fully saturated rings. The van der Waals surface area contributed by atoms with Gasteiger partial charge in [0, 0.05) is 0 Å². The van der Waals surface area contributed by atoms with Crippen LogP contribution in [0.2, 0.25) is 0 Å². The molecule has 0 unspecified atom stereocenters. The van der Waals surface area contributed by atoms with Crippen LogP contribution in [0.3, 0.4) is 0 Å². The Bertz CT molecular complexity index is 474. The van der Waals surface area contributed by atoms with Gasteiger partial charge in [0.1, 0.15) is 0 Å². The molecule has 0 aliphatic rings. The van der Waals surface area contributed by atoms with E-state index in [1.807, 2.05) is 0 Å². The summed E-state index contributed by atoms with van der Waals surface area (Å²) in [5.41, 5.74) is 0. The van der Waals surface area contributed by atoms with Crippen LogP contribution < -0.4 is 0 Å². The van der Waals surface area contributed by atoms with Crippen molar-refractivity contribution in [3.05, 3.63) is 30.3 Å². The van der Waals surface area contributed by atoms with Crippen LogP contribution in [0.4, 0.5) is 0 Å². The van der Waals surface area contributed by atoms with Crippen LogP contribution in [0.25, 0.3) is 0 Å². The van der Waals surface area contributed by atoms with Crippen LogP contribution in [0.5, 0.6) is 0 Å². The summed E-state index contributed by atoms with van der Waals surface area (Å²) >= 11 is 0. The Kier molecular flexibility index (Phi) is 13.8. The van der Waals surface area contributed by atoms with E-state index in [4.69, 9.17) is 4.18 Å². The van der Waals surface area contributed by atoms with E-state index >= 15 is 0 Å². The maximum Gasteiger partial charge on any atom is 1.00 e. The molecule has 0 aliphatic heterocycles. The zero-order valence-electron chi connectivity index (χ0n) is 14.1. The van der Waals surface area contributed by atoms with Gasteiger partial charge in [-0.25, -0.2) is 0 Å². The van der Waals surface area contributed by atoms with E-state index in [0.717, 1.165) is 12.8 Å². The van der Waals surface area contributed by atoms with Gasteiger partial charge >= 0.3 is 17.1 Å². The molecule has 0 N–H and O–H groups in total. The molecule has 0 spiro atoms. The molecule has 1 aromatic carbocycles. The normalized spacial score (nSPS) is 11.2. The van der Waals surface area contributed by atoms with E-state index in [1.54, 1.807) is 30.3 Å². The first-order chi connectivity index (χ1) is 10.7. The molecule has 0 aliphatic carbocycles. The summed E-state index contributed by atoms with van der Waals surface area (Å²) in [7, 11) is -3.57. The van der Waals surface area contributed by atoms with Gasteiger partial charge in [0.2, 0.25) is 0 Å². The predicted molar refractivity (Wildman–Crippen MR) is 91.4 cm³/mol. The standard InChI is InChI=1S/C18H30O3S.Cu/c1-2-3-4-5-6-7-8-9-10-14-17-21-22(19,20)18-15-12-11-13-16-18;/h11-13,15-16H,2-10,14,17H2,1H3;/q;+1. The minimum absolute atomic E-state index is 0. The van der Waals surface area contributed by atoms with Crippen LogP contribution in [0.1, 0.15) is 71.1 Å². The first-order valence-corrected chi connectivity index (χ1v) is 10.0. The summed E-state index contributed by atoms with van der Waals surface area (Å²) in [6.07, 6.45) is 12.3. The molecular weight excluding hydrogens is 360 g/mol. The largest absolute Gasteiger partial charge is 1.00 e. The van der Waals surface area contributed by atoms with E-state index in [0.29, 0.717) is 0 Å². The minimum atomic E-state index is -3.57. The average Bonchev–Trinajstić information content (AvgIpc) is 2.53. The molecule has 0 amide bonds. The fraction of sp³-hybridized carbons (Fsp3) is 0.667. The molecule has 0 bridgehead atoms. The quantitative estimate of drug-likeness (QED) is 0.261. The van der Waals surface area contributed by atoms with Crippen LogP contribution in [0, 0.1) is 0 Å². The number of benzene rings is 1. The second-order valence-electron chi connectivity index (χ2n) is 5.77. The van der Waals surface area contributed by atoms with E-state index in [9.17, 15) is 8.42 Å². The Balaban J connectivity index is 0.00000484. The predicted octanol–water partition coefficient (Wildman–Crippen LogP) is 5.31. The summed E-state index contributed by atoms with van der Waals surface area (Å²) in [6.45, 7) is 2.52. The molecular formula is C18H30CuO3S+. The van der Waals surface area contributed by atoms with Crippen molar-refractivity contribution in [2.24, 2.45) is 0 Å². The second kappa shape index (κ2) is 14.0. The van der Waals surface area contributed by atoms with Gasteiger partial charge in [0.05, 0.1) is 11.5 Å². The van der Waals surface area contributed by atoms with Crippen molar-refractivity contribution in [1.29, 1.82) is 0 Å². The molecule has 0 saturated heterocycles. The van der Waals surface area contributed by atoms with Gasteiger partial charge in [-0.05, 0) is 18.6 Å². The van der Waals surface area contributed by atoms with Gasteiger partial charge in [0.25, 0.3) is 10.1 Å². The minimum Gasteiger partial charge on any atom is -0.266 e. The Morgan fingerprint density at radius 1 is 0.783 bits per heavy atom. The molecule has 0 heterocycles. The molecule has 23 heavy (non-hydrogen) atoms. The maximum absolute atomic E-state index is 11.9. The molecule has 0 radical (unpaired) electrons.